The Balaban J connectivity index is 1.69. The summed E-state index contributed by atoms with van der Waals surface area (Å²) in [4.78, 5) is 12.1. The van der Waals surface area contributed by atoms with Gasteiger partial charge in [0.05, 0.1) is 0 Å². The fraction of sp³-hybridized carbons (Fsp3) is 0.846. The third-order valence-corrected chi connectivity index (χ3v) is 4.46. The molecular formula is C13H22N4O. The Labute approximate surface area is 107 Å². The van der Waals surface area contributed by atoms with Crippen molar-refractivity contribution in [2.45, 2.75) is 64.1 Å². The van der Waals surface area contributed by atoms with Crippen molar-refractivity contribution in [1.82, 2.24) is 14.3 Å². The molecule has 0 saturated heterocycles. The summed E-state index contributed by atoms with van der Waals surface area (Å²) in [6.07, 6.45) is 7.79. The van der Waals surface area contributed by atoms with Crippen LogP contribution in [0.1, 0.15) is 44.3 Å². The van der Waals surface area contributed by atoms with E-state index in [4.69, 9.17) is 5.73 Å². The van der Waals surface area contributed by atoms with Crippen molar-refractivity contribution in [2.75, 3.05) is 0 Å². The highest BCUT2D eigenvalue weighted by molar-refractivity contribution is 4.91. The van der Waals surface area contributed by atoms with Crippen LogP contribution in [0.3, 0.4) is 0 Å². The highest BCUT2D eigenvalue weighted by atomic mass is 16.2. The van der Waals surface area contributed by atoms with Gasteiger partial charge < -0.3 is 5.73 Å². The number of hydrogen-bond acceptors (Lipinski definition) is 3. The molecular weight excluding hydrogens is 228 g/mol. The number of rotatable bonds is 3. The van der Waals surface area contributed by atoms with Gasteiger partial charge in [0.15, 0.2) is 0 Å². The smallest absolute Gasteiger partial charge is 0.327 e. The molecule has 1 aromatic heterocycles. The van der Waals surface area contributed by atoms with Gasteiger partial charge in [0, 0.05) is 25.6 Å². The van der Waals surface area contributed by atoms with Crippen LogP contribution < -0.4 is 11.4 Å². The van der Waals surface area contributed by atoms with Crippen molar-refractivity contribution in [1.29, 1.82) is 0 Å². The lowest BCUT2D eigenvalue weighted by molar-refractivity contribution is 0.396. The van der Waals surface area contributed by atoms with E-state index < -0.39 is 0 Å². The van der Waals surface area contributed by atoms with Gasteiger partial charge in [-0.1, -0.05) is 6.42 Å². The van der Waals surface area contributed by atoms with E-state index in [-0.39, 0.29) is 5.69 Å². The van der Waals surface area contributed by atoms with E-state index in [2.05, 4.69) is 5.10 Å². The number of aromatic nitrogens is 3. The average molecular weight is 250 g/mol. The molecule has 0 spiro atoms. The molecule has 5 heteroatoms. The summed E-state index contributed by atoms with van der Waals surface area (Å²) in [6.45, 7) is 1.58. The molecule has 0 aromatic carbocycles. The maximum absolute atomic E-state index is 12.1. The van der Waals surface area contributed by atoms with Crippen LogP contribution in [0.4, 0.5) is 0 Å². The van der Waals surface area contributed by atoms with Gasteiger partial charge in [-0.2, -0.15) is 5.10 Å². The molecule has 2 heterocycles. The van der Waals surface area contributed by atoms with Crippen LogP contribution in [0.5, 0.6) is 0 Å². The Morgan fingerprint density at radius 1 is 1.28 bits per heavy atom. The van der Waals surface area contributed by atoms with Gasteiger partial charge in [0.25, 0.3) is 0 Å². The molecule has 2 atom stereocenters. The van der Waals surface area contributed by atoms with Gasteiger partial charge in [0.2, 0.25) is 0 Å². The first kappa shape index (κ1) is 12.0. The zero-order chi connectivity index (χ0) is 12.5. The topological polar surface area (TPSA) is 65.8 Å². The van der Waals surface area contributed by atoms with E-state index in [1.807, 2.05) is 4.57 Å². The first-order chi connectivity index (χ1) is 8.75. The predicted molar refractivity (Wildman–Crippen MR) is 69.4 cm³/mol. The monoisotopic (exact) mass is 250 g/mol. The van der Waals surface area contributed by atoms with Gasteiger partial charge in [-0.3, -0.25) is 4.57 Å². The number of hydrogen-bond donors (Lipinski definition) is 1. The summed E-state index contributed by atoms with van der Waals surface area (Å²) in [5.41, 5.74) is 6.15. The predicted octanol–water partition coefficient (Wildman–Crippen LogP) is 0.899. The summed E-state index contributed by atoms with van der Waals surface area (Å²) >= 11 is 0. The first-order valence-electron chi connectivity index (χ1n) is 7.18. The van der Waals surface area contributed by atoms with Crippen molar-refractivity contribution in [3.05, 3.63) is 16.3 Å². The second kappa shape index (κ2) is 4.88. The molecule has 2 N–H and O–H groups in total. The van der Waals surface area contributed by atoms with Gasteiger partial charge in [-0.15, -0.1) is 0 Å². The van der Waals surface area contributed by atoms with Crippen LogP contribution >= 0.6 is 0 Å². The summed E-state index contributed by atoms with van der Waals surface area (Å²) in [6, 6.07) is 0.331. The van der Waals surface area contributed by atoms with E-state index in [1.165, 1.54) is 12.8 Å². The molecule has 2 aliphatic rings. The van der Waals surface area contributed by atoms with Crippen LogP contribution in [-0.2, 0) is 19.5 Å². The average Bonchev–Trinajstić information content (AvgIpc) is 2.92. The lowest BCUT2D eigenvalue weighted by atomic mass is 10.0. The number of fused-ring (bicyclic) bond motifs is 1. The molecule has 5 nitrogen and oxygen atoms in total. The standard InChI is InChI=1S/C13H22N4O/c14-11-5-3-4-10(11)7-9-17-13(18)16-8-2-1-6-12(16)15-17/h10-11H,1-9,14H2. The SMILES string of the molecule is NC1CCCC1CCn1nc2n(c1=O)CCCC2. The van der Waals surface area contributed by atoms with Gasteiger partial charge >= 0.3 is 5.69 Å². The fourth-order valence-corrected chi connectivity index (χ4v) is 3.31. The Bertz CT molecular complexity index is 476. The summed E-state index contributed by atoms with van der Waals surface area (Å²) < 4.78 is 3.50. The minimum Gasteiger partial charge on any atom is -0.327 e. The van der Waals surface area contributed by atoms with Crippen molar-refractivity contribution in [3.8, 4) is 0 Å². The summed E-state index contributed by atoms with van der Waals surface area (Å²) in [7, 11) is 0. The van der Waals surface area contributed by atoms with Crippen molar-refractivity contribution in [2.24, 2.45) is 11.7 Å². The van der Waals surface area contributed by atoms with Crippen molar-refractivity contribution < 1.29 is 0 Å². The zero-order valence-corrected chi connectivity index (χ0v) is 10.8. The quantitative estimate of drug-likeness (QED) is 0.866. The molecule has 0 bridgehead atoms. The Kier molecular flexibility index (Phi) is 3.24. The maximum atomic E-state index is 12.1. The molecule has 18 heavy (non-hydrogen) atoms. The Morgan fingerprint density at radius 3 is 2.89 bits per heavy atom. The van der Waals surface area contributed by atoms with Crippen LogP contribution in [0, 0.1) is 5.92 Å². The molecule has 1 saturated carbocycles. The third kappa shape index (κ3) is 2.11. The molecule has 1 fully saturated rings. The molecule has 2 unspecified atom stereocenters. The molecule has 0 radical (unpaired) electrons. The second-order valence-corrected chi connectivity index (χ2v) is 5.67. The van der Waals surface area contributed by atoms with Crippen molar-refractivity contribution in [3.63, 3.8) is 0 Å². The molecule has 1 aliphatic heterocycles. The maximum Gasteiger partial charge on any atom is 0.345 e. The van der Waals surface area contributed by atoms with Crippen LogP contribution in [0.15, 0.2) is 4.79 Å². The van der Waals surface area contributed by atoms with Gasteiger partial charge in [-0.05, 0) is 38.0 Å². The first-order valence-corrected chi connectivity index (χ1v) is 7.18. The molecule has 100 valence electrons. The molecule has 1 aromatic rings. The molecule has 0 amide bonds. The van der Waals surface area contributed by atoms with Gasteiger partial charge in [0.1, 0.15) is 5.82 Å². The zero-order valence-electron chi connectivity index (χ0n) is 10.8. The number of nitrogens with zero attached hydrogens (tertiary/aromatic N) is 3. The fourth-order valence-electron chi connectivity index (χ4n) is 3.31. The van der Waals surface area contributed by atoms with Gasteiger partial charge in [-0.25, -0.2) is 9.48 Å². The van der Waals surface area contributed by atoms with E-state index in [0.29, 0.717) is 12.0 Å². The summed E-state index contributed by atoms with van der Waals surface area (Å²) in [5, 5.41) is 4.46. The Morgan fingerprint density at radius 2 is 2.17 bits per heavy atom. The summed E-state index contributed by atoms with van der Waals surface area (Å²) in [5.74, 6) is 1.55. The number of aryl methyl sites for hydroxylation is 2. The lowest BCUT2D eigenvalue weighted by Gasteiger charge is -2.14. The lowest BCUT2D eigenvalue weighted by Crippen LogP contribution is -2.29. The number of nitrogens with two attached hydrogens (primary N) is 1. The molecule has 1 aliphatic carbocycles. The highest BCUT2D eigenvalue weighted by Gasteiger charge is 2.24. The van der Waals surface area contributed by atoms with Crippen LogP contribution in [0.2, 0.25) is 0 Å². The Hall–Kier alpha value is -1.10. The van der Waals surface area contributed by atoms with E-state index in [9.17, 15) is 4.79 Å². The third-order valence-electron chi connectivity index (χ3n) is 4.46. The minimum absolute atomic E-state index is 0.0799. The second-order valence-electron chi connectivity index (χ2n) is 5.67. The normalized spacial score (nSPS) is 27.4. The van der Waals surface area contributed by atoms with Crippen LogP contribution in [-0.4, -0.2) is 20.4 Å². The van der Waals surface area contributed by atoms with Crippen molar-refractivity contribution >= 4 is 0 Å². The largest absolute Gasteiger partial charge is 0.345 e. The van der Waals surface area contributed by atoms with E-state index in [1.54, 1.807) is 4.68 Å². The van der Waals surface area contributed by atoms with E-state index in [0.717, 1.165) is 51.0 Å². The molecule has 3 rings (SSSR count). The van der Waals surface area contributed by atoms with E-state index >= 15 is 0 Å². The van der Waals surface area contributed by atoms with Crippen LogP contribution in [0.25, 0.3) is 0 Å². The minimum atomic E-state index is 0.0799. The highest BCUT2D eigenvalue weighted by Crippen LogP contribution is 2.27.